The molecule has 0 N–H and O–H groups in total. The summed E-state index contributed by atoms with van der Waals surface area (Å²) in [5, 5.41) is 0. The molecule has 1 amide bonds. The predicted octanol–water partition coefficient (Wildman–Crippen LogP) is 3.38. The molecule has 0 unspecified atom stereocenters. The van der Waals surface area contributed by atoms with Crippen LogP contribution in [0.15, 0.2) is 59.5 Å². The monoisotopic (exact) mass is 457 g/mol. The molecule has 0 radical (unpaired) electrons. The Morgan fingerprint density at radius 3 is 2.19 bits per heavy atom. The smallest absolute Gasteiger partial charge is 0.243 e. The molecule has 1 fully saturated rings. The first-order valence-corrected chi connectivity index (χ1v) is 12.8. The minimum absolute atomic E-state index is 0.0252. The van der Waals surface area contributed by atoms with Crippen LogP contribution < -0.4 is 0 Å². The number of amides is 1. The van der Waals surface area contributed by atoms with E-state index in [0.717, 1.165) is 25.2 Å². The molecule has 2 aromatic carbocycles. The van der Waals surface area contributed by atoms with Gasteiger partial charge in [-0.15, -0.1) is 0 Å². The van der Waals surface area contributed by atoms with Crippen molar-refractivity contribution in [1.82, 2.24) is 14.1 Å². The summed E-state index contributed by atoms with van der Waals surface area (Å²) in [6.07, 6.45) is 0.205. The molecule has 7 heteroatoms. The number of benzene rings is 2. The second-order valence-electron chi connectivity index (χ2n) is 8.96. The fourth-order valence-electron chi connectivity index (χ4n) is 3.95. The van der Waals surface area contributed by atoms with Gasteiger partial charge in [-0.25, -0.2) is 8.42 Å². The Morgan fingerprint density at radius 2 is 1.59 bits per heavy atom. The lowest BCUT2D eigenvalue weighted by Crippen LogP contribution is -2.49. The van der Waals surface area contributed by atoms with E-state index < -0.39 is 10.0 Å². The zero-order valence-electron chi connectivity index (χ0n) is 19.4. The van der Waals surface area contributed by atoms with Gasteiger partial charge in [0.05, 0.1) is 4.90 Å². The molecule has 0 atom stereocenters. The number of sulfonamides is 1. The van der Waals surface area contributed by atoms with E-state index in [0.29, 0.717) is 19.6 Å². The highest BCUT2D eigenvalue weighted by Crippen LogP contribution is 2.19. The fraction of sp³-hybridized carbons (Fsp3) is 0.480. The molecule has 1 aliphatic rings. The van der Waals surface area contributed by atoms with Crippen LogP contribution in [0.3, 0.4) is 0 Å². The van der Waals surface area contributed by atoms with Gasteiger partial charge in [0, 0.05) is 52.2 Å². The van der Waals surface area contributed by atoms with Crippen LogP contribution in [0.2, 0.25) is 0 Å². The summed E-state index contributed by atoms with van der Waals surface area (Å²) in [5.74, 6) is 0.198. The third-order valence-corrected chi connectivity index (χ3v) is 7.66. The first-order chi connectivity index (χ1) is 15.3. The second kappa shape index (κ2) is 11.1. The number of carbonyl (C=O) groups excluding carboxylic acids is 1. The van der Waals surface area contributed by atoms with Gasteiger partial charge < -0.3 is 4.90 Å². The van der Waals surface area contributed by atoms with Crippen molar-refractivity contribution in [2.24, 2.45) is 5.92 Å². The molecule has 1 saturated heterocycles. The first kappa shape index (κ1) is 24.4. The topological polar surface area (TPSA) is 60.9 Å². The fourth-order valence-corrected chi connectivity index (χ4v) is 5.56. The summed E-state index contributed by atoms with van der Waals surface area (Å²) in [6, 6.07) is 17.2. The van der Waals surface area contributed by atoms with Crippen molar-refractivity contribution in [2.45, 2.75) is 38.6 Å². The highest BCUT2D eigenvalue weighted by Gasteiger charge is 2.27. The number of hydrogen-bond acceptors (Lipinski definition) is 4. The molecule has 0 bridgehead atoms. The van der Waals surface area contributed by atoms with Gasteiger partial charge in [-0.2, -0.15) is 4.31 Å². The highest BCUT2D eigenvalue weighted by molar-refractivity contribution is 7.89. The van der Waals surface area contributed by atoms with Gasteiger partial charge in [0.1, 0.15) is 0 Å². The zero-order valence-corrected chi connectivity index (χ0v) is 20.2. The van der Waals surface area contributed by atoms with Crippen LogP contribution in [0.25, 0.3) is 0 Å². The largest absolute Gasteiger partial charge is 0.340 e. The third kappa shape index (κ3) is 6.64. The van der Waals surface area contributed by atoms with Crippen molar-refractivity contribution in [3.05, 3.63) is 65.7 Å². The Labute approximate surface area is 192 Å². The molecule has 1 heterocycles. The maximum atomic E-state index is 13.2. The van der Waals surface area contributed by atoms with Crippen molar-refractivity contribution in [1.29, 1.82) is 0 Å². The summed E-state index contributed by atoms with van der Waals surface area (Å²) >= 11 is 0. The molecule has 3 rings (SSSR count). The van der Waals surface area contributed by atoms with Gasteiger partial charge in [0.25, 0.3) is 0 Å². The maximum Gasteiger partial charge on any atom is 0.243 e. The molecular formula is C25H35N3O3S. The van der Waals surface area contributed by atoms with E-state index in [1.54, 1.807) is 24.3 Å². The number of piperazine rings is 1. The molecule has 6 nitrogen and oxygen atoms in total. The number of aryl methyl sites for hydroxylation is 1. The molecule has 0 aliphatic carbocycles. The van der Waals surface area contributed by atoms with Gasteiger partial charge in [-0.1, -0.05) is 61.9 Å². The van der Waals surface area contributed by atoms with Crippen molar-refractivity contribution in [3.63, 3.8) is 0 Å². The van der Waals surface area contributed by atoms with E-state index in [4.69, 9.17) is 0 Å². The Balaban J connectivity index is 1.55. The van der Waals surface area contributed by atoms with Crippen molar-refractivity contribution < 1.29 is 13.2 Å². The standard InChI is InChI=1S/C25H35N3O3S/c1-21(2)19-28(32(30,31)24-11-9-22(3)10-12-24)14-13-25(29)27-17-15-26(16-18-27)20-23-7-5-4-6-8-23/h4-12,21H,13-20H2,1-3H3. The van der Waals surface area contributed by atoms with E-state index in [2.05, 4.69) is 17.0 Å². The van der Waals surface area contributed by atoms with Crippen LogP contribution in [0.4, 0.5) is 0 Å². The third-order valence-electron chi connectivity index (χ3n) is 5.78. The number of hydrogen-bond donors (Lipinski definition) is 0. The Kier molecular flexibility index (Phi) is 8.45. The van der Waals surface area contributed by atoms with E-state index in [1.165, 1.54) is 9.87 Å². The highest BCUT2D eigenvalue weighted by atomic mass is 32.2. The predicted molar refractivity (Wildman–Crippen MR) is 128 cm³/mol. The molecule has 0 spiro atoms. The quantitative estimate of drug-likeness (QED) is 0.579. The molecule has 32 heavy (non-hydrogen) atoms. The van der Waals surface area contributed by atoms with Crippen molar-refractivity contribution >= 4 is 15.9 Å². The lowest BCUT2D eigenvalue weighted by atomic mass is 10.2. The van der Waals surface area contributed by atoms with Crippen LogP contribution in [-0.2, 0) is 21.4 Å². The lowest BCUT2D eigenvalue weighted by molar-refractivity contribution is -0.133. The Morgan fingerprint density at radius 1 is 0.969 bits per heavy atom. The van der Waals surface area contributed by atoms with Gasteiger partial charge in [0.15, 0.2) is 0 Å². The SMILES string of the molecule is Cc1ccc(S(=O)(=O)N(CCC(=O)N2CCN(Cc3ccccc3)CC2)CC(C)C)cc1. The summed E-state index contributed by atoms with van der Waals surface area (Å²) in [4.78, 5) is 17.4. The molecular weight excluding hydrogens is 422 g/mol. The van der Waals surface area contributed by atoms with Crippen molar-refractivity contribution in [3.8, 4) is 0 Å². The van der Waals surface area contributed by atoms with E-state index in [-0.39, 0.29) is 29.7 Å². The van der Waals surface area contributed by atoms with Gasteiger partial charge in [-0.05, 0) is 30.5 Å². The van der Waals surface area contributed by atoms with Crippen LogP contribution >= 0.6 is 0 Å². The van der Waals surface area contributed by atoms with Gasteiger partial charge in [0.2, 0.25) is 15.9 Å². The molecule has 174 valence electrons. The van der Waals surface area contributed by atoms with Gasteiger partial charge in [-0.3, -0.25) is 9.69 Å². The molecule has 0 saturated carbocycles. The number of nitrogens with zero attached hydrogens (tertiary/aromatic N) is 3. The normalized spacial score (nSPS) is 15.5. The summed E-state index contributed by atoms with van der Waals surface area (Å²) in [7, 11) is -3.63. The van der Waals surface area contributed by atoms with Gasteiger partial charge >= 0.3 is 0 Å². The number of carbonyl (C=O) groups is 1. The zero-order chi connectivity index (χ0) is 23.1. The number of rotatable bonds is 9. The first-order valence-electron chi connectivity index (χ1n) is 11.4. The van der Waals surface area contributed by atoms with Crippen LogP contribution in [-0.4, -0.2) is 67.7 Å². The van der Waals surface area contributed by atoms with Crippen LogP contribution in [0, 0.1) is 12.8 Å². The average Bonchev–Trinajstić information content (AvgIpc) is 2.77. The average molecular weight is 458 g/mol. The lowest BCUT2D eigenvalue weighted by Gasteiger charge is -2.35. The van der Waals surface area contributed by atoms with E-state index >= 15 is 0 Å². The minimum atomic E-state index is -3.63. The Hall–Kier alpha value is -2.22. The Bertz CT molecular complexity index is 967. The minimum Gasteiger partial charge on any atom is -0.340 e. The molecule has 2 aromatic rings. The van der Waals surface area contributed by atoms with Crippen LogP contribution in [0.5, 0.6) is 0 Å². The van der Waals surface area contributed by atoms with Crippen LogP contribution in [0.1, 0.15) is 31.4 Å². The van der Waals surface area contributed by atoms with Crippen molar-refractivity contribution in [2.75, 3.05) is 39.3 Å². The summed E-state index contributed by atoms with van der Waals surface area (Å²) in [6.45, 7) is 10.4. The second-order valence-corrected chi connectivity index (χ2v) is 10.9. The molecule has 0 aromatic heterocycles. The molecule has 1 aliphatic heterocycles. The summed E-state index contributed by atoms with van der Waals surface area (Å²) in [5.41, 5.74) is 2.29. The van der Waals surface area contributed by atoms with E-state index in [1.807, 2.05) is 43.9 Å². The maximum absolute atomic E-state index is 13.2. The summed E-state index contributed by atoms with van der Waals surface area (Å²) < 4.78 is 27.8. The van der Waals surface area contributed by atoms with E-state index in [9.17, 15) is 13.2 Å².